The van der Waals surface area contributed by atoms with Crippen LogP contribution in [0, 0.1) is 17.0 Å². The fourth-order valence-electron chi connectivity index (χ4n) is 4.10. The molecule has 1 fully saturated rings. The number of rotatable bonds is 6. The van der Waals surface area contributed by atoms with Crippen LogP contribution in [-0.4, -0.2) is 55.9 Å². The standard InChI is InChI=1S/C24H23N7O3/c1-17-7-8-20-19(13-17)23(27-15-25-20)34-24-21(31(32)33)22(26-16-28-24)30-11-9-29(10-12-30)14-18-5-3-2-4-6-18/h2-8,13,15-16H,9-12,14H2,1H3. The Morgan fingerprint density at radius 2 is 1.68 bits per heavy atom. The van der Waals surface area contributed by atoms with Crippen LogP contribution in [0.15, 0.2) is 61.2 Å². The lowest BCUT2D eigenvalue weighted by Crippen LogP contribution is -2.46. The molecule has 34 heavy (non-hydrogen) atoms. The van der Waals surface area contributed by atoms with Crippen molar-refractivity contribution in [2.75, 3.05) is 31.1 Å². The van der Waals surface area contributed by atoms with Gasteiger partial charge in [0.05, 0.1) is 15.8 Å². The molecule has 0 unspecified atom stereocenters. The van der Waals surface area contributed by atoms with E-state index in [0.717, 1.165) is 25.2 Å². The summed E-state index contributed by atoms with van der Waals surface area (Å²) in [5.74, 6) is 0.334. The second-order valence-electron chi connectivity index (χ2n) is 8.16. The van der Waals surface area contributed by atoms with Crippen molar-refractivity contribution in [1.29, 1.82) is 0 Å². The minimum Gasteiger partial charge on any atom is -0.414 e. The Balaban J connectivity index is 1.39. The first kappa shape index (κ1) is 21.7. The normalized spacial score (nSPS) is 14.3. The summed E-state index contributed by atoms with van der Waals surface area (Å²) in [6.45, 7) is 5.54. The van der Waals surface area contributed by atoms with Crippen LogP contribution in [0.1, 0.15) is 11.1 Å². The van der Waals surface area contributed by atoms with Gasteiger partial charge in [0.2, 0.25) is 11.7 Å². The summed E-state index contributed by atoms with van der Waals surface area (Å²) in [5.41, 5.74) is 2.66. The van der Waals surface area contributed by atoms with Gasteiger partial charge in [0.15, 0.2) is 0 Å². The monoisotopic (exact) mass is 457 g/mol. The predicted molar refractivity (Wildman–Crippen MR) is 127 cm³/mol. The van der Waals surface area contributed by atoms with Gasteiger partial charge in [-0.05, 0) is 24.6 Å². The van der Waals surface area contributed by atoms with Crippen molar-refractivity contribution < 1.29 is 9.66 Å². The third kappa shape index (κ3) is 4.48. The van der Waals surface area contributed by atoms with Crippen molar-refractivity contribution in [1.82, 2.24) is 24.8 Å². The van der Waals surface area contributed by atoms with Gasteiger partial charge in [-0.25, -0.2) is 15.0 Å². The molecule has 1 aliphatic rings. The van der Waals surface area contributed by atoms with E-state index in [1.54, 1.807) is 0 Å². The fourth-order valence-corrected chi connectivity index (χ4v) is 4.10. The molecule has 5 rings (SSSR count). The molecule has 0 aliphatic carbocycles. The van der Waals surface area contributed by atoms with E-state index in [9.17, 15) is 10.1 Å². The molecule has 0 saturated carbocycles. The van der Waals surface area contributed by atoms with Crippen molar-refractivity contribution in [3.8, 4) is 11.8 Å². The van der Waals surface area contributed by atoms with Crippen LogP contribution >= 0.6 is 0 Å². The average molecular weight is 457 g/mol. The molecule has 0 N–H and O–H groups in total. The second kappa shape index (κ2) is 9.36. The minimum atomic E-state index is -0.490. The average Bonchev–Trinajstić information content (AvgIpc) is 2.85. The number of fused-ring (bicyclic) bond motifs is 1. The van der Waals surface area contributed by atoms with E-state index >= 15 is 0 Å². The van der Waals surface area contributed by atoms with Crippen LogP contribution in [0.3, 0.4) is 0 Å². The third-order valence-corrected chi connectivity index (χ3v) is 5.82. The highest BCUT2D eigenvalue weighted by atomic mass is 16.6. The summed E-state index contributed by atoms with van der Waals surface area (Å²) >= 11 is 0. The number of aryl methyl sites for hydroxylation is 1. The number of nitrogens with zero attached hydrogens (tertiary/aromatic N) is 7. The minimum absolute atomic E-state index is 0.136. The Kier molecular flexibility index (Phi) is 5.96. The van der Waals surface area contributed by atoms with Crippen LogP contribution in [0.2, 0.25) is 0 Å². The molecule has 1 aliphatic heterocycles. The van der Waals surface area contributed by atoms with Gasteiger partial charge in [0.1, 0.15) is 12.7 Å². The lowest BCUT2D eigenvalue weighted by Gasteiger charge is -2.35. The first-order valence-corrected chi connectivity index (χ1v) is 11.0. The van der Waals surface area contributed by atoms with Gasteiger partial charge in [-0.2, -0.15) is 4.98 Å². The molecule has 0 spiro atoms. The fraction of sp³-hybridized carbons (Fsp3) is 0.250. The van der Waals surface area contributed by atoms with E-state index < -0.39 is 4.92 Å². The molecular formula is C24H23N7O3. The molecule has 10 nitrogen and oxygen atoms in total. The number of aromatic nitrogens is 4. The Hall–Kier alpha value is -4.18. The van der Waals surface area contributed by atoms with E-state index in [1.807, 2.05) is 48.2 Å². The van der Waals surface area contributed by atoms with Crippen molar-refractivity contribution >= 4 is 22.4 Å². The van der Waals surface area contributed by atoms with Crippen molar-refractivity contribution in [2.45, 2.75) is 13.5 Å². The zero-order chi connectivity index (χ0) is 23.5. The maximum absolute atomic E-state index is 12.1. The van der Waals surface area contributed by atoms with Gasteiger partial charge in [-0.3, -0.25) is 15.0 Å². The van der Waals surface area contributed by atoms with Crippen LogP contribution in [0.4, 0.5) is 11.5 Å². The predicted octanol–water partition coefficient (Wildman–Crippen LogP) is 3.75. The molecule has 0 radical (unpaired) electrons. The summed E-state index contributed by atoms with van der Waals surface area (Å²) in [6, 6.07) is 15.9. The second-order valence-corrected chi connectivity index (χ2v) is 8.16. The lowest BCUT2D eigenvalue weighted by atomic mass is 10.2. The quantitative estimate of drug-likeness (QED) is 0.316. The van der Waals surface area contributed by atoms with Gasteiger partial charge >= 0.3 is 11.6 Å². The molecule has 172 valence electrons. The van der Waals surface area contributed by atoms with E-state index in [0.29, 0.717) is 24.0 Å². The molecular weight excluding hydrogens is 434 g/mol. The third-order valence-electron chi connectivity index (χ3n) is 5.82. The van der Waals surface area contributed by atoms with Crippen LogP contribution in [0.25, 0.3) is 10.9 Å². The van der Waals surface area contributed by atoms with Crippen LogP contribution < -0.4 is 9.64 Å². The van der Waals surface area contributed by atoms with Crippen LogP contribution in [-0.2, 0) is 6.54 Å². The molecule has 2 aromatic carbocycles. The number of benzene rings is 2. The van der Waals surface area contributed by atoms with Gasteiger partial charge in [0, 0.05) is 32.7 Å². The van der Waals surface area contributed by atoms with Crippen molar-refractivity contribution in [2.24, 2.45) is 0 Å². The first-order chi connectivity index (χ1) is 16.6. The summed E-state index contributed by atoms with van der Waals surface area (Å²) in [7, 11) is 0. The summed E-state index contributed by atoms with van der Waals surface area (Å²) in [6.07, 6.45) is 2.66. The smallest absolute Gasteiger partial charge is 0.373 e. The summed E-state index contributed by atoms with van der Waals surface area (Å²) < 4.78 is 5.89. The van der Waals surface area contributed by atoms with Gasteiger partial charge < -0.3 is 9.64 Å². The molecule has 10 heteroatoms. The highest BCUT2D eigenvalue weighted by Gasteiger charge is 2.31. The van der Waals surface area contributed by atoms with Gasteiger partial charge in [-0.1, -0.05) is 42.0 Å². The zero-order valence-electron chi connectivity index (χ0n) is 18.7. The number of ether oxygens (including phenoxy) is 1. The number of hydrogen-bond acceptors (Lipinski definition) is 9. The summed E-state index contributed by atoms with van der Waals surface area (Å²) in [4.78, 5) is 32.6. The maximum Gasteiger partial charge on any atom is 0.373 e. The maximum atomic E-state index is 12.1. The highest BCUT2D eigenvalue weighted by Crippen LogP contribution is 2.37. The number of hydrogen-bond donors (Lipinski definition) is 0. The first-order valence-electron chi connectivity index (χ1n) is 11.0. The number of piperazine rings is 1. The van der Waals surface area contributed by atoms with E-state index in [1.165, 1.54) is 18.2 Å². The number of anilines is 1. The molecule has 2 aromatic heterocycles. The zero-order valence-corrected chi connectivity index (χ0v) is 18.7. The van der Waals surface area contributed by atoms with Crippen molar-refractivity contribution in [3.05, 3.63) is 82.4 Å². The lowest BCUT2D eigenvalue weighted by molar-refractivity contribution is -0.385. The SMILES string of the molecule is Cc1ccc2ncnc(Oc3ncnc(N4CCN(Cc5ccccc5)CC4)c3[N+](=O)[O-])c2c1. The highest BCUT2D eigenvalue weighted by molar-refractivity contribution is 5.84. The van der Waals surface area contributed by atoms with Gasteiger partial charge in [-0.15, -0.1) is 0 Å². The Morgan fingerprint density at radius 3 is 2.44 bits per heavy atom. The van der Waals surface area contributed by atoms with Crippen LogP contribution in [0.5, 0.6) is 11.8 Å². The Labute approximate surface area is 196 Å². The Morgan fingerprint density at radius 1 is 0.941 bits per heavy atom. The molecule has 1 saturated heterocycles. The molecule has 0 amide bonds. The van der Waals surface area contributed by atoms with Crippen molar-refractivity contribution in [3.63, 3.8) is 0 Å². The number of nitro groups is 1. The molecule has 0 atom stereocenters. The van der Waals surface area contributed by atoms with E-state index in [2.05, 4.69) is 37.0 Å². The summed E-state index contributed by atoms with van der Waals surface area (Å²) in [5, 5.41) is 12.7. The molecule has 0 bridgehead atoms. The topological polar surface area (TPSA) is 110 Å². The van der Waals surface area contributed by atoms with E-state index in [-0.39, 0.29) is 23.3 Å². The Bertz CT molecular complexity index is 1320. The van der Waals surface area contributed by atoms with Gasteiger partial charge in [0.25, 0.3) is 0 Å². The largest absolute Gasteiger partial charge is 0.414 e. The molecule has 4 aromatic rings. The molecule has 3 heterocycles. The van der Waals surface area contributed by atoms with E-state index in [4.69, 9.17) is 4.74 Å².